The summed E-state index contributed by atoms with van der Waals surface area (Å²) in [6, 6.07) is 16.6. The number of amides is 1. The van der Waals surface area contributed by atoms with E-state index in [9.17, 15) is 17.1 Å². The molecular formula is C16H15FN2O3S. The summed E-state index contributed by atoms with van der Waals surface area (Å²) in [6.45, 7) is -0.150. The van der Waals surface area contributed by atoms with Crippen molar-refractivity contribution in [3.63, 3.8) is 0 Å². The van der Waals surface area contributed by atoms with Crippen molar-refractivity contribution in [3.05, 3.63) is 54.6 Å². The fraction of sp³-hybridized carbons (Fsp3) is 0.188. The molecule has 0 radical (unpaired) electrons. The smallest absolute Gasteiger partial charge is 0.307 e. The highest BCUT2D eigenvalue weighted by Crippen LogP contribution is 2.27. The van der Waals surface area contributed by atoms with Crippen molar-refractivity contribution >= 4 is 33.2 Å². The van der Waals surface area contributed by atoms with E-state index in [1.54, 1.807) is 24.3 Å². The lowest BCUT2D eigenvalue weighted by Crippen LogP contribution is -2.26. The Hall–Kier alpha value is -2.41. The molecule has 120 valence electrons. The number of benzene rings is 2. The molecule has 1 fully saturated rings. The second-order valence-electron chi connectivity index (χ2n) is 5.34. The van der Waals surface area contributed by atoms with Crippen molar-refractivity contribution in [2.24, 2.45) is 0 Å². The largest absolute Gasteiger partial charge is 0.356 e. The van der Waals surface area contributed by atoms with Gasteiger partial charge in [0.05, 0.1) is 0 Å². The highest BCUT2D eigenvalue weighted by molar-refractivity contribution is 7.87. The van der Waals surface area contributed by atoms with Gasteiger partial charge in [0, 0.05) is 30.0 Å². The number of para-hydroxylation sites is 1. The molecule has 1 saturated heterocycles. The summed E-state index contributed by atoms with van der Waals surface area (Å²) in [5, 5.41) is 1.93. The zero-order valence-corrected chi connectivity index (χ0v) is 13.0. The number of halogens is 1. The number of rotatable bonds is 4. The maximum Gasteiger partial charge on any atom is 0.307 e. The van der Waals surface area contributed by atoms with Crippen LogP contribution in [-0.4, -0.2) is 26.1 Å². The molecule has 0 aromatic heterocycles. The molecule has 1 aliphatic rings. The topological polar surface area (TPSA) is 66.5 Å². The summed E-state index contributed by atoms with van der Waals surface area (Å²) < 4.78 is 35.0. The fourth-order valence-corrected chi connectivity index (χ4v) is 3.19. The van der Waals surface area contributed by atoms with Crippen LogP contribution >= 0.6 is 0 Å². The highest BCUT2D eigenvalue weighted by atomic mass is 32.3. The summed E-state index contributed by atoms with van der Waals surface area (Å²) in [6.07, 6.45) is -0.317. The van der Waals surface area contributed by atoms with Crippen molar-refractivity contribution in [2.75, 3.05) is 16.8 Å². The highest BCUT2D eigenvalue weighted by Gasteiger charge is 2.38. The van der Waals surface area contributed by atoms with E-state index in [1.807, 2.05) is 30.3 Å². The molecule has 1 atom stereocenters. The maximum absolute atomic E-state index is 13.0. The van der Waals surface area contributed by atoms with E-state index in [-0.39, 0.29) is 18.9 Å². The summed E-state index contributed by atoms with van der Waals surface area (Å²) >= 11 is 0. The third-order valence-corrected chi connectivity index (χ3v) is 4.84. The van der Waals surface area contributed by atoms with Crippen molar-refractivity contribution in [1.82, 2.24) is 0 Å². The molecule has 2 aromatic carbocycles. The van der Waals surface area contributed by atoms with Crippen molar-refractivity contribution < 1.29 is 17.1 Å². The van der Waals surface area contributed by atoms with Gasteiger partial charge in [0.25, 0.3) is 0 Å². The van der Waals surface area contributed by atoms with Gasteiger partial charge in [0.1, 0.15) is 5.25 Å². The molecule has 7 heteroatoms. The molecule has 1 heterocycles. The van der Waals surface area contributed by atoms with Crippen molar-refractivity contribution in [1.29, 1.82) is 0 Å². The van der Waals surface area contributed by atoms with Gasteiger partial charge in [0.2, 0.25) is 5.91 Å². The van der Waals surface area contributed by atoms with E-state index in [4.69, 9.17) is 0 Å². The van der Waals surface area contributed by atoms with E-state index in [0.29, 0.717) is 5.69 Å². The first-order valence-electron chi connectivity index (χ1n) is 7.09. The summed E-state index contributed by atoms with van der Waals surface area (Å²) in [7, 11) is -4.70. The van der Waals surface area contributed by atoms with Crippen LogP contribution in [0, 0.1) is 0 Å². The molecule has 0 spiro atoms. The maximum atomic E-state index is 13.0. The van der Waals surface area contributed by atoms with Gasteiger partial charge < -0.3 is 10.2 Å². The number of anilines is 3. The lowest BCUT2D eigenvalue weighted by atomic mass is 10.2. The van der Waals surface area contributed by atoms with Crippen molar-refractivity contribution in [3.8, 4) is 0 Å². The molecule has 1 aliphatic heterocycles. The average molecular weight is 334 g/mol. The number of nitrogens with zero attached hydrogens (tertiary/aromatic N) is 1. The third-order valence-electron chi connectivity index (χ3n) is 3.73. The first-order valence-corrected chi connectivity index (χ1v) is 8.54. The van der Waals surface area contributed by atoms with E-state index in [0.717, 1.165) is 11.4 Å². The Morgan fingerprint density at radius 1 is 1.00 bits per heavy atom. The predicted octanol–water partition coefficient (Wildman–Crippen LogP) is 2.83. The Labute approximate surface area is 134 Å². The summed E-state index contributed by atoms with van der Waals surface area (Å²) in [4.78, 5) is 13.2. The van der Waals surface area contributed by atoms with Crippen LogP contribution < -0.4 is 10.2 Å². The zero-order valence-electron chi connectivity index (χ0n) is 12.1. The van der Waals surface area contributed by atoms with Gasteiger partial charge in [-0.2, -0.15) is 8.42 Å². The normalized spacial score (nSPS) is 18.2. The van der Waals surface area contributed by atoms with E-state index < -0.39 is 15.5 Å². The Morgan fingerprint density at radius 3 is 2.17 bits per heavy atom. The van der Waals surface area contributed by atoms with Gasteiger partial charge in [-0.3, -0.25) is 4.79 Å². The van der Waals surface area contributed by atoms with E-state index in [2.05, 4.69) is 5.32 Å². The number of carbonyl (C=O) groups excluding carboxylic acids is 1. The Kier molecular flexibility index (Phi) is 4.04. The lowest BCUT2D eigenvalue weighted by Gasteiger charge is -2.16. The molecule has 1 amide bonds. The molecule has 23 heavy (non-hydrogen) atoms. The molecule has 3 rings (SSSR count). The number of hydrogen-bond acceptors (Lipinski definition) is 4. The second-order valence-corrected chi connectivity index (χ2v) is 6.96. The minimum Gasteiger partial charge on any atom is -0.356 e. The van der Waals surface area contributed by atoms with E-state index in [1.165, 1.54) is 4.90 Å². The number of hydrogen-bond donors (Lipinski definition) is 1. The summed E-state index contributed by atoms with van der Waals surface area (Å²) in [5.74, 6) is -0.389. The third kappa shape index (κ3) is 3.50. The SMILES string of the molecule is O=C1CC(S(=O)(=O)F)CN1c1ccc(Nc2ccccc2)cc1. The fourth-order valence-electron chi connectivity index (χ4n) is 2.53. The second kappa shape index (κ2) is 6.00. The Bertz CT molecular complexity index is 807. The van der Waals surface area contributed by atoms with Crippen LogP contribution in [0.5, 0.6) is 0 Å². The van der Waals surface area contributed by atoms with Gasteiger partial charge >= 0.3 is 10.2 Å². The molecule has 0 aliphatic carbocycles. The lowest BCUT2D eigenvalue weighted by molar-refractivity contribution is -0.117. The molecule has 0 saturated carbocycles. The van der Waals surface area contributed by atoms with Crippen molar-refractivity contribution in [2.45, 2.75) is 11.7 Å². The van der Waals surface area contributed by atoms with Crippen LogP contribution in [0.25, 0.3) is 0 Å². The number of carbonyl (C=O) groups is 1. The Morgan fingerprint density at radius 2 is 1.61 bits per heavy atom. The van der Waals surface area contributed by atoms with Gasteiger partial charge in [-0.15, -0.1) is 3.89 Å². The molecule has 0 bridgehead atoms. The van der Waals surface area contributed by atoms with Crippen LogP contribution in [0.1, 0.15) is 6.42 Å². The van der Waals surface area contributed by atoms with Crippen LogP contribution in [0.3, 0.4) is 0 Å². The van der Waals surface area contributed by atoms with Gasteiger partial charge in [-0.1, -0.05) is 18.2 Å². The van der Waals surface area contributed by atoms with Gasteiger partial charge in [-0.25, -0.2) is 0 Å². The molecule has 2 aromatic rings. The quantitative estimate of drug-likeness (QED) is 0.873. The zero-order chi connectivity index (χ0) is 16.4. The molecule has 5 nitrogen and oxygen atoms in total. The van der Waals surface area contributed by atoms with Crippen LogP contribution in [0.2, 0.25) is 0 Å². The van der Waals surface area contributed by atoms with Crippen LogP contribution in [-0.2, 0) is 15.0 Å². The molecular weight excluding hydrogens is 319 g/mol. The van der Waals surface area contributed by atoms with Gasteiger partial charge in [0.15, 0.2) is 0 Å². The summed E-state index contributed by atoms with van der Waals surface area (Å²) in [5.41, 5.74) is 2.32. The van der Waals surface area contributed by atoms with Crippen LogP contribution in [0.15, 0.2) is 54.6 Å². The first-order chi connectivity index (χ1) is 10.9. The Balaban J connectivity index is 1.74. The van der Waals surface area contributed by atoms with Gasteiger partial charge in [-0.05, 0) is 36.4 Å². The molecule has 1 unspecified atom stereocenters. The average Bonchev–Trinajstić information content (AvgIpc) is 2.91. The first kappa shape index (κ1) is 15.5. The monoisotopic (exact) mass is 334 g/mol. The standard InChI is InChI=1S/C16H15FN2O3S/c17-23(21,22)15-10-16(20)19(11-15)14-8-6-13(7-9-14)18-12-4-2-1-3-5-12/h1-9,15,18H,10-11H2. The van der Waals surface area contributed by atoms with E-state index >= 15 is 0 Å². The number of nitrogens with one attached hydrogen (secondary N) is 1. The molecule has 1 N–H and O–H groups in total. The predicted molar refractivity (Wildman–Crippen MR) is 87.0 cm³/mol. The minimum absolute atomic E-state index is 0.150. The minimum atomic E-state index is -4.70. The van der Waals surface area contributed by atoms with Crippen LogP contribution in [0.4, 0.5) is 20.9 Å².